The zero-order chi connectivity index (χ0) is 13.3. The molecular formula is C15H20N2O. The van der Waals surface area contributed by atoms with Gasteiger partial charge in [-0.15, -0.1) is 0 Å². The molecule has 0 aliphatic carbocycles. The topological polar surface area (TPSA) is 37.8 Å². The van der Waals surface area contributed by atoms with Crippen LogP contribution >= 0.6 is 0 Å². The molecule has 0 saturated heterocycles. The van der Waals surface area contributed by atoms with Crippen molar-refractivity contribution in [2.75, 3.05) is 0 Å². The smallest absolute Gasteiger partial charge is 0.271 e. The van der Waals surface area contributed by atoms with Crippen molar-refractivity contribution in [2.45, 2.75) is 40.5 Å². The largest absolute Gasteiger partial charge is 0.295 e. The predicted molar refractivity (Wildman–Crippen MR) is 74.6 cm³/mol. The van der Waals surface area contributed by atoms with Gasteiger partial charge in [-0.1, -0.05) is 31.0 Å². The van der Waals surface area contributed by atoms with E-state index in [2.05, 4.69) is 31.1 Å². The second-order valence-electron chi connectivity index (χ2n) is 4.95. The zero-order valence-electron chi connectivity index (χ0n) is 11.5. The van der Waals surface area contributed by atoms with E-state index in [4.69, 9.17) is 0 Å². The van der Waals surface area contributed by atoms with E-state index in [1.165, 1.54) is 5.56 Å². The Bertz CT molecular complexity index is 597. The van der Waals surface area contributed by atoms with E-state index in [1.807, 2.05) is 13.8 Å². The number of aryl methyl sites for hydroxylation is 4. The molecule has 1 aromatic heterocycles. The van der Waals surface area contributed by atoms with Crippen LogP contribution in [0.1, 0.15) is 35.7 Å². The fraction of sp³-hybridized carbons (Fsp3) is 0.400. The van der Waals surface area contributed by atoms with Crippen LogP contribution in [0.4, 0.5) is 0 Å². The summed E-state index contributed by atoms with van der Waals surface area (Å²) < 4.78 is 1.66. The maximum atomic E-state index is 12.0. The lowest BCUT2D eigenvalue weighted by atomic mass is 10.1. The molecule has 0 saturated carbocycles. The van der Waals surface area contributed by atoms with Crippen LogP contribution < -0.4 is 5.56 Å². The van der Waals surface area contributed by atoms with Gasteiger partial charge in [-0.2, -0.15) is 0 Å². The van der Waals surface area contributed by atoms with Gasteiger partial charge in [-0.3, -0.25) is 9.89 Å². The standard InChI is InChI=1S/C15H20N2O/c1-5-6-13-9-14(18)17(16-13)15-11(3)7-10(2)8-12(15)4/h7-9,16H,5-6H2,1-4H3. The third-order valence-electron chi connectivity index (χ3n) is 3.15. The number of aromatic nitrogens is 2. The number of rotatable bonds is 3. The summed E-state index contributed by atoms with van der Waals surface area (Å²) >= 11 is 0. The molecule has 1 aromatic carbocycles. The first-order chi connectivity index (χ1) is 8.52. The van der Waals surface area contributed by atoms with E-state index < -0.39 is 0 Å². The highest BCUT2D eigenvalue weighted by Gasteiger charge is 2.10. The summed E-state index contributed by atoms with van der Waals surface area (Å²) in [7, 11) is 0. The fourth-order valence-electron chi connectivity index (χ4n) is 2.53. The van der Waals surface area contributed by atoms with Crippen LogP contribution in [0.3, 0.4) is 0 Å². The molecule has 0 amide bonds. The molecule has 0 aliphatic heterocycles. The maximum absolute atomic E-state index is 12.0. The van der Waals surface area contributed by atoms with Crippen molar-refractivity contribution in [1.82, 2.24) is 9.78 Å². The molecule has 0 unspecified atom stereocenters. The summed E-state index contributed by atoms with van der Waals surface area (Å²) in [4.78, 5) is 12.0. The molecule has 18 heavy (non-hydrogen) atoms. The van der Waals surface area contributed by atoms with E-state index in [9.17, 15) is 4.79 Å². The van der Waals surface area contributed by atoms with Gasteiger partial charge in [-0.25, -0.2) is 4.68 Å². The minimum Gasteiger partial charge on any atom is -0.295 e. The summed E-state index contributed by atoms with van der Waals surface area (Å²) in [6, 6.07) is 5.91. The van der Waals surface area contributed by atoms with Gasteiger partial charge in [0.2, 0.25) is 0 Å². The summed E-state index contributed by atoms with van der Waals surface area (Å²) in [5.41, 5.74) is 5.48. The molecule has 0 fully saturated rings. The lowest BCUT2D eigenvalue weighted by Gasteiger charge is -2.11. The average molecular weight is 244 g/mol. The van der Waals surface area contributed by atoms with Crippen LogP contribution in [0.5, 0.6) is 0 Å². The van der Waals surface area contributed by atoms with Crippen molar-refractivity contribution in [2.24, 2.45) is 0 Å². The van der Waals surface area contributed by atoms with Gasteiger partial charge in [0.05, 0.1) is 5.69 Å². The number of H-pyrrole nitrogens is 1. The minimum atomic E-state index is 0.0218. The number of nitrogens with zero attached hydrogens (tertiary/aromatic N) is 1. The van der Waals surface area contributed by atoms with Gasteiger partial charge < -0.3 is 0 Å². The second kappa shape index (κ2) is 4.84. The number of hydrogen-bond acceptors (Lipinski definition) is 1. The van der Waals surface area contributed by atoms with Gasteiger partial charge in [-0.05, 0) is 38.3 Å². The molecule has 1 heterocycles. The molecule has 0 spiro atoms. The Morgan fingerprint density at radius 1 is 1.11 bits per heavy atom. The van der Waals surface area contributed by atoms with Crippen LogP contribution in [0.25, 0.3) is 5.69 Å². The Morgan fingerprint density at radius 3 is 2.28 bits per heavy atom. The first kappa shape index (κ1) is 12.7. The number of hydrogen-bond donors (Lipinski definition) is 1. The van der Waals surface area contributed by atoms with Crippen molar-refractivity contribution in [1.29, 1.82) is 0 Å². The normalized spacial score (nSPS) is 10.9. The molecule has 3 nitrogen and oxygen atoms in total. The van der Waals surface area contributed by atoms with Crippen LogP contribution in [-0.4, -0.2) is 9.78 Å². The summed E-state index contributed by atoms with van der Waals surface area (Å²) in [5.74, 6) is 0. The molecule has 1 N–H and O–H groups in total. The predicted octanol–water partition coefficient (Wildman–Crippen LogP) is 3.04. The van der Waals surface area contributed by atoms with Crippen molar-refractivity contribution >= 4 is 0 Å². The van der Waals surface area contributed by atoms with Crippen molar-refractivity contribution in [3.05, 3.63) is 50.9 Å². The number of nitrogens with one attached hydrogen (secondary N) is 1. The van der Waals surface area contributed by atoms with Crippen LogP contribution in [0.15, 0.2) is 23.0 Å². The van der Waals surface area contributed by atoms with E-state index in [-0.39, 0.29) is 5.56 Å². The lowest BCUT2D eigenvalue weighted by Crippen LogP contribution is -2.16. The van der Waals surface area contributed by atoms with Gasteiger partial charge in [0, 0.05) is 11.8 Å². The third kappa shape index (κ3) is 2.26. The molecule has 0 radical (unpaired) electrons. The Morgan fingerprint density at radius 2 is 1.72 bits per heavy atom. The SMILES string of the molecule is CCCc1cc(=O)n(-c2c(C)cc(C)cc2C)[nH]1. The molecule has 96 valence electrons. The number of aromatic amines is 1. The minimum absolute atomic E-state index is 0.0218. The average Bonchev–Trinajstić information content (AvgIpc) is 2.59. The van der Waals surface area contributed by atoms with Crippen molar-refractivity contribution in [3.63, 3.8) is 0 Å². The second-order valence-corrected chi connectivity index (χ2v) is 4.95. The highest BCUT2D eigenvalue weighted by Crippen LogP contribution is 2.19. The molecule has 3 heteroatoms. The molecule has 0 atom stereocenters. The number of benzene rings is 1. The quantitative estimate of drug-likeness (QED) is 0.885. The maximum Gasteiger partial charge on any atom is 0.271 e. The Kier molecular flexibility index (Phi) is 3.41. The van der Waals surface area contributed by atoms with E-state index >= 15 is 0 Å². The fourth-order valence-corrected chi connectivity index (χ4v) is 2.53. The Balaban J connectivity index is 2.58. The first-order valence-electron chi connectivity index (χ1n) is 6.42. The van der Waals surface area contributed by atoms with Gasteiger partial charge in [0.1, 0.15) is 0 Å². The van der Waals surface area contributed by atoms with Gasteiger partial charge in [0.25, 0.3) is 5.56 Å². The molecule has 2 aromatic rings. The van der Waals surface area contributed by atoms with Crippen molar-refractivity contribution in [3.8, 4) is 5.69 Å². The molecule has 0 aliphatic rings. The highest BCUT2D eigenvalue weighted by molar-refractivity contribution is 5.48. The summed E-state index contributed by atoms with van der Waals surface area (Å²) in [6.45, 7) is 8.27. The van der Waals surface area contributed by atoms with E-state index in [1.54, 1.807) is 10.7 Å². The van der Waals surface area contributed by atoms with Crippen LogP contribution in [0, 0.1) is 20.8 Å². The Hall–Kier alpha value is -1.77. The van der Waals surface area contributed by atoms with Crippen molar-refractivity contribution < 1.29 is 0 Å². The van der Waals surface area contributed by atoms with Crippen LogP contribution in [0.2, 0.25) is 0 Å². The van der Waals surface area contributed by atoms with Gasteiger partial charge >= 0.3 is 0 Å². The third-order valence-corrected chi connectivity index (χ3v) is 3.15. The Labute approximate surface area is 107 Å². The monoisotopic (exact) mass is 244 g/mol. The molecule has 0 bridgehead atoms. The molecular weight excluding hydrogens is 224 g/mol. The van der Waals surface area contributed by atoms with Crippen LogP contribution in [-0.2, 0) is 6.42 Å². The summed E-state index contributed by atoms with van der Waals surface area (Å²) in [5, 5.41) is 3.20. The highest BCUT2D eigenvalue weighted by atomic mass is 16.1. The molecule has 2 rings (SSSR count). The first-order valence-corrected chi connectivity index (χ1v) is 6.42. The lowest BCUT2D eigenvalue weighted by molar-refractivity contribution is 0.785. The van der Waals surface area contributed by atoms with E-state index in [0.29, 0.717) is 0 Å². The van der Waals surface area contributed by atoms with E-state index in [0.717, 1.165) is 35.3 Å². The van der Waals surface area contributed by atoms with Gasteiger partial charge in [0.15, 0.2) is 0 Å². The summed E-state index contributed by atoms with van der Waals surface area (Å²) in [6.07, 6.45) is 1.94. The zero-order valence-corrected chi connectivity index (χ0v) is 11.5.